The molecule has 0 amide bonds. The van der Waals surface area contributed by atoms with Crippen molar-refractivity contribution in [3.05, 3.63) is 40.4 Å². The van der Waals surface area contributed by atoms with Crippen LogP contribution in [0.1, 0.15) is 18.9 Å². The van der Waals surface area contributed by atoms with E-state index in [2.05, 4.69) is 9.97 Å². The minimum absolute atomic E-state index is 0.0581. The highest BCUT2D eigenvalue weighted by molar-refractivity contribution is 7.09. The maximum atomic E-state index is 14.1. The molecule has 0 fully saturated rings. The molecule has 0 saturated heterocycles. The van der Waals surface area contributed by atoms with Crippen molar-refractivity contribution in [1.82, 2.24) is 14.5 Å². The number of rotatable bonds is 2. The van der Waals surface area contributed by atoms with Gasteiger partial charge in [-0.05, 0) is 26.0 Å². The molecule has 4 nitrogen and oxygen atoms in total. The second-order valence-corrected chi connectivity index (χ2v) is 5.83. The third-order valence-electron chi connectivity index (χ3n) is 3.25. The van der Waals surface area contributed by atoms with Gasteiger partial charge in [0.15, 0.2) is 11.6 Å². The summed E-state index contributed by atoms with van der Waals surface area (Å²) in [6.07, 6.45) is 1.66. The summed E-state index contributed by atoms with van der Waals surface area (Å²) in [6, 6.07) is 2.46. The summed E-state index contributed by atoms with van der Waals surface area (Å²) in [5.41, 5.74) is 5.57. The van der Waals surface area contributed by atoms with Crippen LogP contribution in [0.2, 0.25) is 0 Å². The number of thiazole rings is 1. The van der Waals surface area contributed by atoms with Crippen molar-refractivity contribution in [3.8, 4) is 0 Å². The SMILES string of the molecule is CC(C)(c1nccs1)n1c(N)nc2ccc(F)c(F)c21. The molecule has 0 spiro atoms. The summed E-state index contributed by atoms with van der Waals surface area (Å²) in [5, 5.41) is 2.57. The van der Waals surface area contributed by atoms with Crippen molar-refractivity contribution in [2.75, 3.05) is 5.73 Å². The van der Waals surface area contributed by atoms with Gasteiger partial charge in [0.25, 0.3) is 0 Å². The lowest BCUT2D eigenvalue weighted by atomic mass is 10.1. The lowest BCUT2D eigenvalue weighted by Crippen LogP contribution is -2.29. The maximum absolute atomic E-state index is 14.1. The fraction of sp³-hybridized carbons (Fsp3) is 0.231. The Balaban J connectivity index is 2.36. The molecule has 0 aliphatic carbocycles. The van der Waals surface area contributed by atoms with Crippen LogP contribution in [0.4, 0.5) is 14.7 Å². The van der Waals surface area contributed by atoms with Gasteiger partial charge in [0.1, 0.15) is 10.5 Å². The molecule has 0 radical (unpaired) electrons. The molecule has 20 heavy (non-hydrogen) atoms. The summed E-state index contributed by atoms with van der Waals surface area (Å²) in [5.74, 6) is -1.74. The van der Waals surface area contributed by atoms with Crippen LogP contribution >= 0.6 is 11.3 Å². The lowest BCUT2D eigenvalue weighted by molar-refractivity contribution is 0.441. The summed E-state index contributed by atoms with van der Waals surface area (Å²) in [6.45, 7) is 3.68. The zero-order valence-corrected chi connectivity index (χ0v) is 11.7. The molecule has 0 aliphatic rings. The van der Waals surface area contributed by atoms with E-state index in [1.165, 1.54) is 22.0 Å². The molecule has 0 unspecified atom stereocenters. The molecular weight excluding hydrogens is 282 g/mol. The topological polar surface area (TPSA) is 56.7 Å². The monoisotopic (exact) mass is 294 g/mol. The third-order valence-corrected chi connectivity index (χ3v) is 4.34. The molecule has 7 heteroatoms. The van der Waals surface area contributed by atoms with Crippen LogP contribution < -0.4 is 5.73 Å². The van der Waals surface area contributed by atoms with Crippen LogP contribution in [0.25, 0.3) is 11.0 Å². The first-order valence-electron chi connectivity index (χ1n) is 5.95. The average Bonchev–Trinajstić information content (AvgIpc) is 3.01. The molecule has 2 aromatic heterocycles. The van der Waals surface area contributed by atoms with Gasteiger partial charge in [-0.2, -0.15) is 0 Å². The Hall–Kier alpha value is -2.02. The molecule has 3 rings (SSSR count). The van der Waals surface area contributed by atoms with Crippen LogP contribution in [-0.4, -0.2) is 14.5 Å². The Kier molecular flexibility index (Phi) is 2.75. The molecule has 3 aromatic rings. The highest BCUT2D eigenvalue weighted by Crippen LogP contribution is 2.34. The van der Waals surface area contributed by atoms with E-state index >= 15 is 0 Å². The predicted molar refractivity (Wildman–Crippen MR) is 74.6 cm³/mol. The molecule has 1 aromatic carbocycles. The minimum atomic E-state index is -0.948. The highest BCUT2D eigenvalue weighted by atomic mass is 32.1. The van der Waals surface area contributed by atoms with Crippen LogP contribution in [0.15, 0.2) is 23.7 Å². The molecule has 0 atom stereocenters. The van der Waals surface area contributed by atoms with Crippen molar-refractivity contribution in [2.24, 2.45) is 0 Å². The number of nitrogens with zero attached hydrogens (tertiary/aromatic N) is 3. The van der Waals surface area contributed by atoms with Crippen molar-refractivity contribution < 1.29 is 8.78 Å². The summed E-state index contributed by atoms with van der Waals surface area (Å²) < 4.78 is 29.1. The zero-order chi connectivity index (χ0) is 14.5. The predicted octanol–water partition coefficient (Wildman–Crippen LogP) is 3.14. The molecular formula is C13H12F2N4S. The largest absolute Gasteiger partial charge is 0.369 e. The molecule has 0 bridgehead atoms. The summed E-state index contributed by atoms with van der Waals surface area (Å²) in [4.78, 5) is 8.34. The van der Waals surface area contributed by atoms with E-state index in [9.17, 15) is 8.78 Å². The van der Waals surface area contributed by atoms with Crippen molar-refractivity contribution in [1.29, 1.82) is 0 Å². The second kappa shape index (κ2) is 4.24. The Bertz CT molecular complexity index is 777. The lowest BCUT2D eigenvalue weighted by Gasteiger charge is -2.26. The second-order valence-electron chi connectivity index (χ2n) is 4.93. The molecule has 2 N–H and O–H groups in total. The van der Waals surface area contributed by atoms with E-state index in [1.807, 2.05) is 19.2 Å². The van der Waals surface area contributed by atoms with Gasteiger partial charge in [-0.25, -0.2) is 18.7 Å². The van der Waals surface area contributed by atoms with Crippen LogP contribution in [-0.2, 0) is 5.54 Å². The van der Waals surface area contributed by atoms with Crippen LogP contribution in [0.5, 0.6) is 0 Å². The standard InChI is InChI=1S/C13H12F2N4S/c1-13(2,11-17-5-6-20-11)19-10-8(18-12(19)16)4-3-7(14)9(10)15/h3-6H,1-2H3,(H2,16,18). The first kappa shape index (κ1) is 13.0. The number of imidazole rings is 1. The number of hydrogen-bond acceptors (Lipinski definition) is 4. The number of nitrogen functional groups attached to an aromatic ring is 1. The molecule has 2 heterocycles. The average molecular weight is 294 g/mol. The van der Waals surface area contributed by atoms with Gasteiger partial charge in [-0.1, -0.05) is 0 Å². The Morgan fingerprint density at radius 3 is 2.70 bits per heavy atom. The van der Waals surface area contributed by atoms with Crippen molar-refractivity contribution in [3.63, 3.8) is 0 Å². The molecule has 104 valence electrons. The summed E-state index contributed by atoms with van der Waals surface area (Å²) in [7, 11) is 0. The van der Waals surface area contributed by atoms with E-state index in [1.54, 1.807) is 6.20 Å². The maximum Gasteiger partial charge on any atom is 0.202 e. The van der Waals surface area contributed by atoms with Gasteiger partial charge in [0.05, 0.1) is 11.1 Å². The Morgan fingerprint density at radius 1 is 1.30 bits per heavy atom. The molecule has 0 aliphatic heterocycles. The highest BCUT2D eigenvalue weighted by Gasteiger charge is 2.31. The Morgan fingerprint density at radius 2 is 2.05 bits per heavy atom. The number of halogens is 2. The molecule has 0 saturated carbocycles. The zero-order valence-electron chi connectivity index (χ0n) is 10.9. The summed E-state index contributed by atoms with van der Waals surface area (Å²) >= 11 is 1.42. The van der Waals surface area contributed by atoms with E-state index in [0.717, 1.165) is 11.1 Å². The minimum Gasteiger partial charge on any atom is -0.369 e. The van der Waals surface area contributed by atoms with Gasteiger partial charge >= 0.3 is 0 Å². The number of fused-ring (bicyclic) bond motifs is 1. The number of hydrogen-bond donors (Lipinski definition) is 1. The number of aromatic nitrogens is 3. The fourth-order valence-corrected chi connectivity index (χ4v) is 3.06. The van der Waals surface area contributed by atoms with Crippen LogP contribution in [0, 0.1) is 11.6 Å². The normalized spacial score (nSPS) is 12.2. The van der Waals surface area contributed by atoms with Crippen molar-refractivity contribution >= 4 is 28.3 Å². The van der Waals surface area contributed by atoms with Crippen LogP contribution in [0.3, 0.4) is 0 Å². The smallest absolute Gasteiger partial charge is 0.202 e. The Labute approximate surface area is 117 Å². The number of benzene rings is 1. The van der Waals surface area contributed by atoms with Gasteiger partial charge < -0.3 is 5.73 Å². The first-order chi connectivity index (χ1) is 9.43. The number of anilines is 1. The third kappa shape index (κ3) is 1.70. The van der Waals surface area contributed by atoms with E-state index in [0.29, 0.717) is 5.52 Å². The van der Waals surface area contributed by atoms with Gasteiger partial charge in [-0.15, -0.1) is 11.3 Å². The quantitative estimate of drug-likeness (QED) is 0.790. The van der Waals surface area contributed by atoms with Gasteiger partial charge in [0, 0.05) is 11.6 Å². The van der Waals surface area contributed by atoms with Crippen molar-refractivity contribution in [2.45, 2.75) is 19.4 Å². The van der Waals surface area contributed by atoms with Gasteiger partial charge in [-0.3, -0.25) is 4.57 Å². The van der Waals surface area contributed by atoms with Gasteiger partial charge in [0.2, 0.25) is 5.95 Å². The first-order valence-corrected chi connectivity index (χ1v) is 6.83. The fourth-order valence-electron chi connectivity index (χ4n) is 2.31. The van der Waals surface area contributed by atoms with E-state index < -0.39 is 17.2 Å². The number of nitrogens with two attached hydrogens (primary N) is 1. The van der Waals surface area contributed by atoms with E-state index in [4.69, 9.17) is 5.73 Å². The van der Waals surface area contributed by atoms with E-state index in [-0.39, 0.29) is 11.5 Å².